The van der Waals surface area contributed by atoms with Crippen LogP contribution in [0, 0.1) is 17.0 Å². The Labute approximate surface area is 120 Å². The number of hydrogen-bond acceptors (Lipinski definition) is 3. The molecule has 0 radical (unpaired) electrons. The lowest BCUT2D eigenvalue weighted by Crippen LogP contribution is -2.03. The number of aryl methyl sites for hydroxylation is 1. The summed E-state index contributed by atoms with van der Waals surface area (Å²) in [4.78, 5) is 9.95. The van der Waals surface area contributed by atoms with Crippen molar-refractivity contribution in [2.75, 3.05) is 5.32 Å². The van der Waals surface area contributed by atoms with Gasteiger partial charge in [-0.2, -0.15) is 0 Å². The number of nitro benzene ring substituents is 1. The first-order chi connectivity index (χ1) is 9.97. The fourth-order valence-electron chi connectivity index (χ4n) is 1.91. The molecule has 0 amide bonds. The first-order valence-corrected chi connectivity index (χ1v) is 6.33. The van der Waals surface area contributed by atoms with Crippen LogP contribution in [0.25, 0.3) is 0 Å². The van der Waals surface area contributed by atoms with E-state index in [1.54, 1.807) is 0 Å². The third-order valence-corrected chi connectivity index (χ3v) is 3.08. The van der Waals surface area contributed by atoms with Crippen LogP contribution in [0.4, 0.5) is 20.2 Å². The standard InChI is InChI=1S/C15H14F2N2O2/c1-10-2-4-11(5-3-10)9-18-14-7-6-12(19(20)21)8-13(14)15(16)17/h2-8,15,18H,9H2,1H3. The van der Waals surface area contributed by atoms with Gasteiger partial charge in [0.1, 0.15) is 0 Å². The number of benzene rings is 2. The molecule has 0 saturated heterocycles. The molecule has 0 spiro atoms. The van der Waals surface area contributed by atoms with Gasteiger partial charge in [-0.05, 0) is 18.6 Å². The van der Waals surface area contributed by atoms with Gasteiger partial charge < -0.3 is 5.32 Å². The molecule has 0 aliphatic carbocycles. The van der Waals surface area contributed by atoms with E-state index in [9.17, 15) is 18.9 Å². The van der Waals surface area contributed by atoms with E-state index in [1.807, 2.05) is 31.2 Å². The van der Waals surface area contributed by atoms with Gasteiger partial charge in [0.25, 0.3) is 12.1 Å². The molecule has 0 heterocycles. The zero-order valence-electron chi connectivity index (χ0n) is 11.3. The fraction of sp³-hybridized carbons (Fsp3) is 0.200. The number of non-ortho nitro benzene ring substituents is 1. The smallest absolute Gasteiger partial charge is 0.270 e. The first-order valence-electron chi connectivity index (χ1n) is 6.33. The maximum atomic E-state index is 13.0. The van der Waals surface area contributed by atoms with Crippen LogP contribution in [0.3, 0.4) is 0 Å². The second-order valence-electron chi connectivity index (χ2n) is 4.67. The van der Waals surface area contributed by atoms with Gasteiger partial charge in [0.05, 0.1) is 4.92 Å². The van der Waals surface area contributed by atoms with Gasteiger partial charge >= 0.3 is 0 Å². The summed E-state index contributed by atoms with van der Waals surface area (Å²) in [5, 5.41) is 13.5. The molecule has 0 saturated carbocycles. The van der Waals surface area contributed by atoms with Gasteiger partial charge in [0.2, 0.25) is 0 Å². The van der Waals surface area contributed by atoms with Crippen molar-refractivity contribution in [3.05, 3.63) is 69.3 Å². The van der Waals surface area contributed by atoms with E-state index >= 15 is 0 Å². The van der Waals surface area contributed by atoms with E-state index in [0.717, 1.165) is 17.2 Å². The topological polar surface area (TPSA) is 55.2 Å². The molecule has 0 unspecified atom stereocenters. The number of nitrogens with zero attached hydrogens (tertiary/aromatic N) is 1. The SMILES string of the molecule is Cc1ccc(CNc2ccc([N+](=O)[O-])cc2C(F)F)cc1. The first kappa shape index (κ1) is 14.9. The fourth-order valence-corrected chi connectivity index (χ4v) is 1.91. The predicted octanol–water partition coefficient (Wildman–Crippen LogP) is 4.45. The highest BCUT2D eigenvalue weighted by molar-refractivity contribution is 5.56. The molecule has 2 rings (SSSR count). The normalized spacial score (nSPS) is 10.7. The second-order valence-corrected chi connectivity index (χ2v) is 4.67. The Kier molecular flexibility index (Phi) is 4.47. The van der Waals surface area contributed by atoms with Crippen LogP contribution >= 0.6 is 0 Å². The molecule has 0 fully saturated rings. The number of rotatable bonds is 5. The summed E-state index contributed by atoms with van der Waals surface area (Å²) < 4.78 is 26.0. The molecule has 0 aromatic heterocycles. The summed E-state index contributed by atoms with van der Waals surface area (Å²) in [7, 11) is 0. The third-order valence-electron chi connectivity index (χ3n) is 3.08. The van der Waals surface area contributed by atoms with Gasteiger partial charge in [-0.15, -0.1) is 0 Å². The molecule has 6 heteroatoms. The Morgan fingerprint density at radius 1 is 1.19 bits per heavy atom. The molecular formula is C15H14F2N2O2. The number of nitrogens with one attached hydrogen (secondary N) is 1. The molecular weight excluding hydrogens is 278 g/mol. The second kappa shape index (κ2) is 6.30. The minimum Gasteiger partial charge on any atom is -0.381 e. The summed E-state index contributed by atoms with van der Waals surface area (Å²) >= 11 is 0. The Hall–Kier alpha value is -2.50. The van der Waals surface area contributed by atoms with Crippen molar-refractivity contribution in [1.82, 2.24) is 0 Å². The molecule has 2 aromatic carbocycles. The van der Waals surface area contributed by atoms with Crippen molar-refractivity contribution < 1.29 is 13.7 Å². The lowest BCUT2D eigenvalue weighted by molar-refractivity contribution is -0.385. The molecule has 0 bridgehead atoms. The quantitative estimate of drug-likeness (QED) is 0.654. The van der Waals surface area contributed by atoms with E-state index in [2.05, 4.69) is 5.32 Å². The van der Waals surface area contributed by atoms with Crippen LogP contribution in [0.1, 0.15) is 23.1 Å². The van der Waals surface area contributed by atoms with Crippen molar-refractivity contribution >= 4 is 11.4 Å². The minimum absolute atomic E-state index is 0.205. The Morgan fingerprint density at radius 2 is 1.86 bits per heavy atom. The summed E-state index contributed by atoms with van der Waals surface area (Å²) in [5.41, 5.74) is 1.56. The third kappa shape index (κ3) is 3.75. The average Bonchev–Trinajstić information content (AvgIpc) is 2.46. The largest absolute Gasteiger partial charge is 0.381 e. The number of halogens is 2. The molecule has 1 N–H and O–H groups in total. The van der Waals surface area contributed by atoms with Crippen molar-refractivity contribution in [2.24, 2.45) is 0 Å². The summed E-state index contributed by atoms with van der Waals surface area (Å²) in [5.74, 6) is 0. The molecule has 4 nitrogen and oxygen atoms in total. The van der Waals surface area contributed by atoms with Crippen LogP contribution < -0.4 is 5.32 Å². The number of anilines is 1. The van der Waals surface area contributed by atoms with Gasteiger partial charge in [0.15, 0.2) is 0 Å². The predicted molar refractivity (Wildman–Crippen MR) is 76.6 cm³/mol. The molecule has 0 aliphatic heterocycles. The van der Waals surface area contributed by atoms with E-state index in [4.69, 9.17) is 0 Å². The zero-order valence-corrected chi connectivity index (χ0v) is 11.3. The average molecular weight is 292 g/mol. The lowest BCUT2D eigenvalue weighted by atomic mass is 10.1. The molecule has 0 atom stereocenters. The number of hydrogen-bond donors (Lipinski definition) is 1. The van der Waals surface area contributed by atoms with Crippen LogP contribution in [-0.4, -0.2) is 4.92 Å². The lowest BCUT2D eigenvalue weighted by Gasteiger charge is -2.11. The summed E-state index contributed by atoms with van der Waals surface area (Å²) in [6.45, 7) is 2.33. The summed E-state index contributed by atoms with van der Waals surface area (Å²) in [6, 6.07) is 11.1. The summed E-state index contributed by atoms with van der Waals surface area (Å²) in [6.07, 6.45) is -2.77. The molecule has 2 aromatic rings. The van der Waals surface area contributed by atoms with Crippen LogP contribution in [0.2, 0.25) is 0 Å². The highest BCUT2D eigenvalue weighted by Crippen LogP contribution is 2.30. The van der Waals surface area contributed by atoms with Gasteiger partial charge in [-0.25, -0.2) is 8.78 Å². The molecule has 0 aliphatic rings. The Balaban J connectivity index is 2.19. The highest BCUT2D eigenvalue weighted by Gasteiger charge is 2.17. The van der Waals surface area contributed by atoms with E-state index < -0.39 is 11.3 Å². The van der Waals surface area contributed by atoms with Crippen molar-refractivity contribution in [1.29, 1.82) is 0 Å². The maximum Gasteiger partial charge on any atom is 0.270 e. The monoisotopic (exact) mass is 292 g/mol. The minimum atomic E-state index is -2.77. The van der Waals surface area contributed by atoms with Crippen LogP contribution in [0.15, 0.2) is 42.5 Å². The van der Waals surface area contributed by atoms with Gasteiger partial charge in [-0.1, -0.05) is 29.8 Å². The van der Waals surface area contributed by atoms with Gasteiger partial charge in [0, 0.05) is 29.9 Å². The van der Waals surface area contributed by atoms with Crippen molar-refractivity contribution in [2.45, 2.75) is 19.9 Å². The van der Waals surface area contributed by atoms with E-state index in [0.29, 0.717) is 6.54 Å². The van der Waals surface area contributed by atoms with Crippen molar-refractivity contribution in [3.8, 4) is 0 Å². The van der Waals surface area contributed by atoms with Crippen molar-refractivity contribution in [3.63, 3.8) is 0 Å². The van der Waals surface area contributed by atoms with Crippen LogP contribution in [0.5, 0.6) is 0 Å². The number of nitro groups is 1. The van der Waals surface area contributed by atoms with Gasteiger partial charge in [-0.3, -0.25) is 10.1 Å². The molecule has 21 heavy (non-hydrogen) atoms. The zero-order chi connectivity index (χ0) is 15.4. The maximum absolute atomic E-state index is 13.0. The Morgan fingerprint density at radius 3 is 2.43 bits per heavy atom. The Bertz CT molecular complexity index is 643. The van der Waals surface area contributed by atoms with E-state index in [-0.39, 0.29) is 16.9 Å². The van der Waals surface area contributed by atoms with Crippen LogP contribution in [-0.2, 0) is 6.54 Å². The highest BCUT2D eigenvalue weighted by atomic mass is 19.3. The molecule has 110 valence electrons. The number of alkyl halides is 2. The van der Waals surface area contributed by atoms with E-state index in [1.165, 1.54) is 12.1 Å².